The van der Waals surface area contributed by atoms with Crippen molar-refractivity contribution in [1.29, 1.82) is 0 Å². The van der Waals surface area contributed by atoms with Gasteiger partial charge in [-0.3, -0.25) is 38.4 Å². The maximum Gasteiger partial charge on any atom is 0.310 e. The Labute approximate surface area is 818 Å². The van der Waals surface area contributed by atoms with Crippen LogP contribution in [0.3, 0.4) is 0 Å². The quantitative estimate of drug-likeness (QED) is 0.0272. The third-order valence-electron chi connectivity index (χ3n) is 30.2. The Hall–Kier alpha value is -12.7. The largest absolute Gasteiger partial charge is 0.481 e. The first kappa shape index (κ1) is 99.8. The van der Waals surface area contributed by atoms with E-state index in [1.165, 1.54) is 47.9 Å². The molecule has 8 aliphatic rings. The van der Waals surface area contributed by atoms with E-state index in [1.807, 2.05) is 267 Å². The topological polar surface area (TPSA) is 276 Å². The van der Waals surface area contributed by atoms with E-state index in [-0.39, 0.29) is 60.0 Å². The summed E-state index contributed by atoms with van der Waals surface area (Å²) < 4.78 is 12.5. The molecule has 0 radical (unpaired) electrons. The highest BCUT2D eigenvalue weighted by molar-refractivity contribution is 6.66. The predicted molar refractivity (Wildman–Crippen MR) is 536 cm³/mol. The number of carboxylic acids is 4. The van der Waals surface area contributed by atoms with Crippen molar-refractivity contribution in [3.8, 4) is 0 Å². The molecule has 8 fully saturated rings. The van der Waals surface area contributed by atoms with Crippen LogP contribution in [0.25, 0.3) is 0 Å². The van der Waals surface area contributed by atoms with Crippen molar-refractivity contribution in [1.82, 2.24) is 0 Å². The summed E-state index contributed by atoms with van der Waals surface area (Å²) in [6, 6.07) is 117. The highest BCUT2D eigenvalue weighted by Crippen LogP contribution is 2.63. The number of hydrogen-bond acceptors (Lipinski definition) is 12. The Morgan fingerprint density at radius 2 is 0.348 bits per heavy atom. The molecule has 18 heteroatoms. The van der Waals surface area contributed by atoms with Crippen LogP contribution >= 0.6 is 23.2 Å². The highest BCUT2D eigenvalue weighted by Gasteiger charge is 2.63. The van der Waals surface area contributed by atoms with E-state index < -0.39 is 117 Å². The number of aliphatic carboxylic acids is 4. The molecule has 0 aromatic heterocycles. The van der Waals surface area contributed by atoms with Crippen LogP contribution in [-0.4, -0.2) is 101 Å². The predicted octanol–water partition coefficient (Wildman–Crippen LogP) is 25.0. The fourth-order valence-electron chi connectivity index (χ4n) is 23.6. The van der Waals surface area contributed by atoms with Gasteiger partial charge < -0.3 is 40.1 Å². The van der Waals surface area contributed by atoms with E-state index in [1.54, 1.807) is 24.3 Å². The van der Waals surface area contributed by atoms with Crippen molar-refractivity contribution in [3.63, 3.8) is 0 Å². The van der Waals surface area contributed by atoms with Crippen LogP contribution in [0.15, 0.2) is 364 Å². The number of hydrogen-bond donors (Lipinski definition) is 6. The third-order valence-corrected chi connectivity index (χ3v) is 30.7. The van der Waals surface area contributed by atoms with Crippen molar-refractivity contribution in [2.75, 3.05) is 0 Å². The number of ether oxygens (including phenoxy) is 2. The number of carboxylic acid groups (broad SMARTS) is 4. The van der Waals surface area contributed by atoms with E-state index in [0.717, 1.165) is 122 Å². The van der Waals surface area contributed by atoms with E-state index in [2.05, 4.69) is 72.8 Å². The molecule has 12 atom stereocenters. The lowest BCUT2D eigenvalue weighted by Crippen LogP contribution is -2.52. The molecule has 8 saturated carbocycles. The molecule has 0 heterocycles. The summed E-state index contributed by atoms with van der Waals surface area (Å²) in [5.41, 5.74) is 11.9. The standard InChI is InChI=1S/2C30H30O4.C18H14Cl2O2.C18H16O4.2C12H16O/c2*31-29(32)27-25(21-14-6-2-7-15-21)28(26(27)22-16-8-3-9-17-22)30(33)34-24-19-11-10-18-23(24)20-12-4-1-5-13-20;19-17(21)15-13(11-7-3-1-4-8-11)16(18(20)22)14(15)12-9-5-2-6-10-12;19-17(20)15-13(11-7-3-1-4-8-11)16(18(21)22)14(15)12-9-5-2-6-10-12;2*13-12-9-5-4-8-11(12)10-6-2-1-3-7-10/h2*1-9,12-17,23-28H,10-11,18-19H2,(H,31,32);1-10,13-16H;1-10,13-16H,(H,19,20)(H,21,22);2*1-3,6-7,11-13H,4-5,8-9H2/t23?,24-,25+,26+,27?,28?;23?,24-,25-,26-,27?,28?;;;11?,12-;11-,12+/m10..00/s1. The Kier molecular flexibility index (Phi) is 35.1. The van der Waals surface area contributed by atoms with Gasteiger partial charge in [-0.2, -0.15) is 0 Å². The van der Waals surface area contributed by atoms with E-state index in [9.17, 15) is 69.0 Å². The van der Waals surface area contributed by atoms with Crippen molar-refractivity contribution in [2.45, 2.75) is 198 Å². The maximum atomic E-state index is 13.8. The molecular weight excluding hydrogens is 1770 g/mol. The number of carbonyl (C=O) groups excluding carboxylic acids is 4. The van der Waals surface area contributed by atoms with Crippen molar-refractivity contribution >= 4 is 69.5 Å². The van der Waals surface area contributed by atoms with Crippen LogP contribution in [0.5, 0.6) is 0 Å². The second-order valence-electron chi connectivity index (χ2n) is 38.0. The van der Waals surface area contributed by atoms with Crippen LogP contribution < -0.4 is 0 Å². The lowest BCUT2D eigenvalue weighted by atomic mass is 9.52. The van der Waals surface area contributed by atoms with Gasteiger partial charge in [-0.1, -0.05) is 403 Å². The van der Waals surface area contributed by atoms with Crippen molar-refractivity contribution in [2.24, 2.45) is 47.3 Å². The van der Waals surface area contributed by atoms with Crippen LogP contribution in [0.4, 0.5) is 0 Å². The lowest BCUT2D eigenvalue weighted by Gasteiger charge is -2.49. The number of rotatable bonds is 22. The molecule has 3 unspecified atom stereocenters. The van der Waals surface area contributed by atoms with Gasteiger partial charge in [-0.15, -0.1) is 0 Å². The zero-order valence-electron chi connectivity index (χ0n) is 77.3. The van der Waals surface area contributed by atoms with Gasteiger partial charge >= 0.3 is 35.8 Å². The summed E-state index contributed by atoms with van der Waals surface area (Å²) in [7, 11) is 0. The number of benzene rings is 12. The molecule has 0 bridgehead atoms. The zero-order chi connectivity index (χ0) is 96.6. The Morgan fingerprint density at radius 3 is 0.529 bits per heavy atom. The fourth-order valence-corrected chi connectivity index (χ4v) is 24.1. The Balaban J connectivity index is 0.000000130. The van der Waals surface area contributed by atoms with Crippen LogP contribution in [0.2, 0.25) is 0 Å². The van der Waals surface area contributed by atoms with E-state index in [0.29, 0.717) is 11.8 Å². The van der Waals surface area contributed by atoms with Gasteiger partial charge in [0.1, 0.15) is 12.2 Å². The smallest absolute Gasteiger partial charge is 0.310 e. The molecule has 16 nitrogen and oxygen atoms in total. The number of aliphatic hydroxyl groups is 2. The summed E-state index contributed by atoms with van der Waals surface area (Å²) in [6.45, 7) is 0. The average Bonchev–Trinajstić information content (AvgIpc) is 0.728. The first-order valence-corrected chi connectivity index (χ1v) is 49.7. The number of carbonyl (C=O) groups is 8. The highest BCUT2D eigenvalue weighted by atomic mass is 35.5. The minimum Gasteiger partial charge on any atom is -0.481 e. The van der Waals surface area contributed by atoms with E-state index >= 15 is 0 Å². The molecule has 0 amide bonds. The molecular formula is C120H122Cl2O16. The summed E-state index contributed by atoms with van der Waals surface area (Å²) in [5.74, 6) is -10.9. The fraction of sp³-hybridized carbons (Fsp3) is 0.333. The summed E-state index contributed by atoms with van der Waals surface area (Å²) >= 11 is 11.7. The molecule has 0 aliphatic heterocycles. The molecule has 0 saturated heterocycles. The molecule has 8 aliphatic carbocycles. The van der Waals surface area contributed by atoms with Crippen LogP contribution in [-0.2, 0) is 47.8 Å². The monoisotopic (exact) mass is 1890 g/mol. The van der Waals surface area contributed by atoms with Crippen molar-refractivity contribution < 1.29 is 78.5 Å². The zero-order valence-corrected chi connectivity index (χ0v) is 78.8. The van der Waals surface area contributed by atoms with Crippen LogP contribution in [0, 0.1) is 47.3 Å². The molecule has 12 aromatic rings. The lowest BCUT2D eigenvalue weighted by molar-refractivity contribution is -0.171. The third kappa shape index (κ3) is 23.6. The average molecular weight is 1890 g/mol. The van der Waals surface area contributed by atoms with Gasteiger partial charge in [0.2, 0.25) is 10.5 Å². The maximum absolute atomic E-state index is 13.8. The first-order valence-electron chi connectivity index (χ1n) is 48.9. The minimum atomic E-state index is -0.944. The van der Waals surface area contributed by atoms with Gasteiger partial charge in [0.15, 0.2) is 0 Å². The van der Waals surface area contributed by atoms with E-state index in [4.69, 9.17) is 32.7 Å². The molecule has 138 heavy (non-hydrogen) atoms. The Morgan fingerprint density at radius 1 is 0.196 bits per heavy atom. The summed E-state index contributed by atoms with van der Waals surface area (Å²) in [4.78, 5) is 99.8. The Bertz CT molecular complexity index is 5290. The molecule has 12 aromatic carbocycles. The number of halogens is 2. The first-order chi connectivity index (χ1) is 67.3. The normalized spacial score (nSPS) is 28.0. The SMILES string of the molecule is O=C(Cl)C1C(c2ccccc2)C(C(=O)Cl)C1c1ccccc1.O=C(O)C1C(c2ccccc2)C(C(=O)O)C1c1ccccc1.O=C(O)C1[C@H](c2ccccc2)C(C(=O)O[C@@H]2CCCCC2c2ccccc2)[C@H]1c1ccccc1.O=C(O)C1[C@H](c2ccccc2)C(C(=O)O[C@H]2CCCCC2c2ccccc2)[C@H]1c1ccccc1.O[C@@H]1CCCC[C@H]1c1ccccc1.O[C@H]1CCCCC1c1ccccc1. The summed E-state index contributed by atoms with van der Waals surface area (Å²) in [6.07, 6.45) is 16.5. The minimum absolute atomic E-state index is 0.115. The second kappa shape index (κ2) is 48.5. The van der Waals surface area contributed by atoms with Crippen LogP contribution in [0.1, 0.15) is 241 Å². The summed E-state index contributed by atoms with van der Waals surface area (Å²) in [5, 5.41) is 58.3. The van der Waals surface area contributed by atoms with Crippen molar-refractivity contribution in [3.05, 3.63) is 431 Å². The van der Waals surface area contributed by atoms with Gasteiger partial charge in [-0.05, 0) is 154 Å². The van der Waals surface area contributed by atoms with Gasteiger partial charge in [-0.25, -0.2) is 0 Å². The second-order valence-corrected chi connectivity index (χ2v) is 38.7. The number of aliphatic hydroxyl groups excluding tert-OH is 2. The number of esters is 2. The van der Waals surface area contributed by atoms with Gasteiger partial charge in [0.05, 0.1) is 47.7 Å². The van der Waals surface area contributed by atoms with Gasteiger partial charge in [0.25, 0.3) is 0 Å². The van der Waals surface area contributed by atoms with Gasteiger partial charge in [0, 0.05) is 82.9 Å². The molecule has 712 valence electrons. The molecule has 0 spiro atoms. The molecule has 20 rings (SSSR count). The molecule has 6 N–H and O–H groups in total.